The average molecular weight is 417 g/mol. The lowest BCUT2D eigenvalue weighted by molar-refractivity contribution is 0.531. The van der Waals surface area contributed by atoms with Gasteiger partial charge in [-0.3, -0.25) is 0 Å². The van der Waals surface area contributed by atoms with Crippen LogP contribution in [-0.4, -0.2) is 0 Å². The predicted octanol–water partition coefficient (Wildman–Crippen LogP) is 10.8. The summed E-state index contributed by atoms with van der Waals surface area (Å²) >= 11 is 0. The fourth-order valence-electron chi connectivity index (χ4n) is 4.14. The second-order valence-electron chi connectivity index (χ2n) is 9.34. The Hall–Kier alpha value is -0.440. The summed E-state index contributed by atoms with van der Waals surface area (Å²) in [5, 5.41) is 0. The third-order valence-electron chi connectivity index (χ3n) is 6.23. The van der Waals surface area contributed by atoms with Crippen molar-refractivity contribution in [1.82, 2.24) is 0 Å². The summed E-state index contributed by atoms with van der Waals surface area (Å²) in [6.45, 7) is 7.81. The van der Waals surface area contributed by atoms with Gasteiger partial charge < -0.3 is 0 Å². The maximum absolute atomic E-state index is 3.91. The zero-order chi connectivity index (χ0) is 21.8. The van der Waals surface area contributed by atoms with Gasteiger partial charge in [-0.15, -0.1) is 11.8 Å². The summed E-state index contributed by atoms with van der Waals surface area (Å²) in [5.74, 6) is 6.78. The van der Waals surface area contributed by atoms with Crippen molar-refractivity contribution in [1.29, 1.82) is 0 Å². The van der Waals surface area contributed by atoms with E-state index in [1.807, 2.05) is 0 Å². The zero-order valence-electron chi connectivity index (χ0n) is 20.8. The van der Waals surface area contributed by atoms with Gasteiger partial charge in [0, 0.05) is 12.8 Å². The highest BCUT2D eigenvalue weighted by Crippen LogP contribution is 2.14. The molecule has 0 heterocycles. The molecule has 0 spiro atoms. The summed E-state index contributed by atoms with van der Waals surface area (Å²) in [6, 6.07) is 0. The minimum absolute atomic E-state index is 1.10. The number of hydrogen-bond donors (Lipinski definition) is 0. The van der Waals surface area contributed by atoms with Gasteiger partial charge in [-0.25, -0.2) is 0 Å². The van der Waals surface area contributed by atoms with Gasteiger partial charge in [0.05, 0.1) is 0 Å². The van der Waals surface area contributed by atoms with Gasteiger partial charge in [-0.2, -0.15) is 0 Å². The lowest BCUT2D eigenvalue weighted by atomic mass is 10.0. The zero-order valence-corrected chi connectivity index (χ0v) is 20.8. The molecular weight excluding hydrogens is 360 g/mol. The summed E-state index contributed by atoms with van der Waals surface area (Å²) in [7, 11) is 0. The van der Waals surface area contributed by atoms with Gasteiger partial charge in [0.1, 0.15) is 0 Å². The highest BCUT2D eigenvalue weighted by Gasteiger charge is 1.94. The molecule has 0 amide bonds. The second-order valence-corrected chi connectivity index (χ2v) is 9.34. The molecule has 0 unspecified atom stereocenters. The van der Waals surface area contributed by atoms with Gasteiger partial charge >= 0.3 is 0 Å². The molecule has 0 aliphatic heterocycles. The summed E-state index contributed by atoms with van der Waals surface area (Å²) < 4.78 is 0. The van der Waals surface area contributed by atoms with Crippen molar-refractivity contribution in [3.63, 3.8) is 0 Å². The SMILES string of the molecule is [CH2]CCCCCCCCCC#CCCCCCCCCCCCCCCCCC[CH2]. The first-order valence-corrected chi connectivity index (χ1v) is 14.0. The van der Waals surface area contributed by atoms with Crippen molar-refractivity contribution >= 4 is 0 Å². The topological polar surface area (TPSA) is 0 Å². The predicted molar refractivity (Wildman–Crippen MR) is 139 cm³/mol. The normalized spacial score (nSPS) is 10.9. The quantitative estimate of drug-likeness (QED) is 0.108. The Bertz CT molecular complexity index is 345. The molecule has 0 aliphatic carbocycles. The second kappa shape index (κ2) is 28.6. The van der Waals surface area contributed by atoms with E-state index in [4.69, 9.17) is 0 Å². The molecular formula is C30H56. The molecule has 30 heavy (non-hydrogen) atoms. The van der Waals surface area contributed by atoms with Crippen molar-refractivity contribution in [3.05, 3.63) is 13.8 Å². The average Bonchev–Trinajstić information content (AvgIpc) is 2.76. The Labute approximate surface area is 192 Å². The monoisotopic (exact) mass is 416 g/mol. The van der Waals surface area contributed by atoms with Crippen molar-refractivity contribution in [3.8, 4) is 11.8 Å². The Morgan fingerprint density at radius 1 is 0.267 bits per heavy atom. The standard InChI is InChI=1S/C30H56/c1-3-5-7-9-11-13-15-17-19-21-23-25-27-29-30-28-26-24-22-20-18-16-14-12-10-8-6-4-2/h1-21,23,25-30H2. The number of hydrogen-bond acceptors (Lipinski definition) is 0. The Morgan fingerprint density at radius 2 is 0.467 bits per heavy atom. The molecule has 0 heteroatoms. The van der Waals surface area contributed by atoms with Gasteiger partial charge in [-0.1, -0.05) is 155 Å². The van der Waals surface area contributed by atoms with E-state index in [1.54, 1.807) is 0 Å². The minimum atomic E-state index is 1.10. The Morgan fingerprint density at radius 3 is 0.700 bits per heavy atom. The molecule has 0 atom stereocenters. The molecule has 0 bridgehead atoms. The Kier molecular flexibility index (Phi) is 28.1. The molecule has 0 nitrogen and oxygen atoms in total. The molecule has 0 saturated carbocycles. The van der Waals surface area contributed by atoms with Crippen LogP contribution in [0, 0.1) is 25.7 Å². The van der Waals surface area contributed by atoms with E-state index in [1.165, 1.54) is 141 Å². The van der Waals surface area contributed by atoms with Crippen LogP contribution in [0.1, 0.15) is 167 Å². The first-order valence-electron chi connectivity index (χ1n) is 14.0. The molecule has 0 aromatic heterocycles. The van der Waals surface area contributed by atoms with Crippen LogP contribution in [-0.2, 0) is 0 Å². The third kappa shape index (κ3) is 27.6. The third-order valence-corrected chi connectivity index (χ3v) is 6.23. The van der Waals surface area contributed by atoms with E-state index in [0.29, 0.717) is 0 Å². The largest absolute Gasteiger partial charge is 0.103 e. The number of unbranched alkanes of at least 4 members (excludes halogenated alkanes) is 24. The van der Waals surface area contributed by atoms with Crippen molar-refractivity contribution < 1.29 is 0 Å². The highest BCUT2D eigenvalue weighted by atomic mass is 14.0. The molecule has 0 saturated heterocycles. The highest BCUT2D eigenvalue weighted by molar-refractivity contribution is 4.98. The van der Waals surface area contributed by atoms with Crippen LogP contribution in [0.3, 0.4) is 0 Å². The van der Waals surface area contributed by atoms with Gasteiger partial charge in [0.15, 0.2) is 0 Å². The molecule has 2 radical (unpaired) electrons. The molecule has 0 aliphatic rings. The van der Waals surface area contributed by atoms with Crippen LogP contribution < -0.4 is 0 Å². The van der Waals surface area contributed by atoms with E-state index in [0.717, 1.165) is 25.7 Å². The van der Waals surface area contributed by atoms with Crippen molar-refractivity contribution in [2.24, 2.45) is 0 Å². The lowest BCUT2D eigenvalue weighted by Crippen LogP contribution is -1.83. The molecule has 0 N–H and O–H groups in total. The van der Waals surface area contributed by atoms with E-state index in [2.05, 4.69) is 25.7 Å². The fourth-order valence-corrected chi connectivity index (χ4v) is 4.14. The van der Waals surface area contributed by atoms with E-state index < -0.39 is 0 Å². The lowest BCUT2D eigenvalue weighted by Gasteiger charge is -2.03. The smallest absolute Gasteiger partial charge is 0.00886 e. The fraction of sp³-hybridized carbons (Fsp3) is 0.867. The molecule has 0 aromatic carbocycles. The van der Waals surface area contributed by atoms with Crippen LogP contribution in [0.25, 0.3) is 0 Å². The maximum atomic E-state index is 3.91. The van der Waals surface area contributed by atoms with Gasteiger partial charge in [0.25, 0.3) is 0 Å². The van der Waals surface area contributed by atoms with Gasteiger partial charge in [-0.05, 0) is 12.8 Å². The minimum Gasteiger partial charge on any atom is -0.103 e. The van der Waals surface area contributed by atoms with E-state index in [9.17, 15) is 0 Å². The van der Waals surface area contributed by atoms with Crippen LogP contribution in [0.4, 0.5) is 0 Å². The molecule has 176 valence electrons. The maximum Gasteiger partial charge on any atom is 0.00886 e. The number of rotatable bonds is 24. The van der Waals surface area contributed by atoms with Crippen molar-refractivity contribution in [2.75, 3.05) is 0 Å². The molecule has 0 rings (SSSR count). The molecule has 0 aromatic rings. The first kappa shape index (κ1) is 29.6. The van der Waals surface area contributed by atoms with E-state index in [-0.39, 0.29) is 0 Å². The van der Waals surface area contributed by atoms with Crippen LogP contribution in [0.15, 0.2) is 0 Å². The first-order chi connectivity index (χ1) is 14.9. The van der Waals surface area contributed by atoms with Crippen LogP contribution >= 0.6 is 0 Å². The van der Waals surface area contributed by atoms with Gasteiger partial charge in [0.2, 0.25) is 0 Å². The summed E-state index contributed by atoms with van der Waals surface area (Å²) in [4.78, 5) is 0. The van der Waals surface area contributed by atoms with Crippen LogP contribution in [0.5, 0.6) is 0 Å². The molecule has 0 fully saturated rings. The van der Waals surface area contributed by atoms with Crippen LogP contribution in [0.2, 0.25) is 0 Å². The van der Waals surface area contributed by atoms with E-state index >= 15 is 0 Å². The van der Waals surface area contributed by atoms with Crippen molar-refractivity contribution in [2.45, 2.75) is 167 Å². The Balaban J connectivity index is 3.07. The summed E-state index contributed by atoms with van der Waals surface area (Å²) in [6.07, 6.45) is 35.4. The summed E-state index contributed by atoms with van der Waals surface area (Å²) in [5.41, 5.74) is 0.